The number of benzene rings is 3. The van der Waals surface area contributed by atoms with Gasteiger partial charge in [-0.25, -0.2) is 12.8 Å². The summed E-state index contributed by atoms with van der Waals surface area (Å²) in [5, 5.41) is 2.95. The Labute approximate surface area is 237 Å². The molecule has 0 saturated heterocycles. The van der Waals surface area contributed by atoms with Gasteiger partial charge in [-0.3, -0.25) is 13.9 Å². The number of sulfonamides is 1. The average molecular weight is 568 g/mol. The Hall–Kier alpha value is -3.72. The number of hydrogen-bond donors (Lipinski definition) is 1. The van der Waals surface area contributed by atoms with Gasteiger partial charge in [0.25, 0.3) is 0 Å². The SMILES string of the molecule is CCCNC(=O)C(Cc1ccccc1)N(Cc1ccc(C)cc1)C(=O)CCCN(c1ccc(F)cc1)S(C)(=O)=O. The molecule has 3 aromatic carbocycles. The van der Waals surface area contributed by atoms with Crippen LogP contribution in [0, 0.1) is 12.7 Å². The highest BCUT2D eigenvalue weighted by atomic mass is 32.2. The van der Waals surface area contributed by atoms with Crippen molar-refractivity contribution in [2.75, 3.05) is 23.7 Å². The van der Waals surface area contributed by atoms with E-state index in [4.69, 9.17) is 0 Å². The van der Waals surface area contributed by atoms with E-state index in [1.165, 1.54) is 28.6 Å². The minimum Gasteiger partial charge on any atom is -0.354 e. The topological polar surface area (TPSA) is 86.8 Å². The van der Waals surface area contributed by atoms with Crippen molar-refractivity contribution in [3.8, 4) is 0 Å². The van der Waals surface area contributed by atoms with E-state index in [0.717, 1.165) is 29.4 Å². The fourth-order valence-corrected chi connectivity index (χ4v) is 5.39. The molecule has 214 valence electrons. The van der Waals surface area contributed by atoms with Crippen LogP contribution in [0.25, 0.3) is 0 Å². The molecule has 0 aliphatic carbocycles. The minimum atomic E-state index is -3.66. The van der Waals surface area contributed by atoms with Crippen molar-refractivity contribution in [3.05, 3.63) is 101 Å². The predicted octanol–water partition coefficient (Wildman–Crippen LogP) is 4.85. The van der Waals surface area contributed by atoms with Gasteiger partial charge in [-0.2, -0.15) is 0 Å². The molecule has 1 atom stereocenters. The van der Waals surface area contributed by atoms with Gasteiger partial charge in [-0.05, 0) is 55.2 Å². The molecule has 0 aliphatic rings. The average Bonchev–Trinajstić information content (AvgIpc) is 2.93. The number of anilines is 1. The third kappa shape index (κ3) is 9.19. The lowest BCUT2D eigenvalue weighted by molar-refractivity contribution is -0.141. The number of carbonyl (C=O) groups is 2. The van der Waals surface area contributed by atoms with E-state index < -0.39 is 21.9 Å². The summed E-state index contributed by atoms with van der Waals surface area (Å²) in [6.07, 6.45) is 2.45. The van der Waals surface area contributed by atoms with Gasteiger partial charge in [-0.1, -0.05) is 67.1 Å². The molecule has 7 nitrogen and oxygen atoms in total. The summed E-state index contributed by atoms with van der Waals surface area (Å²) in [6.45, 7) is 4.73. The van der Waals surface area contributed by atoms with Gasteiger partial charge >= 0.3 is 0 Å². The molecule has 3 aromatic rings. The van der Waals surface area contributed by atoms with Gasteiger partial charge in [0.05, 0.1) is 11.9 Å². The zero-order chi connectivity index (χ0) is 29.1. The number of nitrogens with zero attached hydrogens (tertiary/aromatic N) is 2. The Morgan fingerprint density at radius 1 is 0.925 bits per heavy atom. The Kier molecular flexibility index (Phi) is 11.3. The van der Waals surface area contributed by atoms with Crippen LogP contribution in [0.1, 0.15) is 42.9 Å². The first kappa shape index (κ1) is 30.8. The Bertz CT molecular complexity index is 1350. The maximum atomic E-state index is 13.8. The van der Waals surface area contributed by atoms with Crippen molar-refractivity contribution in [3.63, 3.8) is 0 Å². The van der Waals surface area contributed by atoms with Crippen molar-refractivity contribution in [2.24, 2.45) is 0 Å². The molecule has 0 aliphatic heterocycles. The summed E-state index contributed by atoms with van der Waals surface area (Å²) < 4.78 is 39.5. The Morgan fingerprint density at radius 2 is 1.57 bits per heavy atom. The van der Waals surface area contributed by atoms with Crippen LogP contribution in [0.4, 0.5) is 10.1 Å². The van der Waals surface area contributed by atoms with Crippen LogP contribution in [-0.2, 0) is 32.6 Å². The Balaban J connectivity index is 1.85. The summed E-state index contributed by atoms with van der Waals surface area (Å²) in [5.41, 5.74) is 3.24. The molecule has 9 heteroatoms. The first-order valence-electron chi connectivity index (χ1n) is 13.5. The lowest BCUT2D eigenvalue weighted by Crippen LogP contribution is -2.50. The summed E-state index contributed by atoms with van der Waals surface area (Å²) in [7, 11) is -3.66. The predicted molar refractivity (Wildman–Crippen MR) is 157 cm³/mol. The fourth-order valence-electron chi connectivity index (χ4n) is 4.42. The van der Waals surface area contributed by atoms with E-state index >= 15 is 0 Å². The second-order valence-corrected chi connectivity index (χ2v) is 11.8. The first-order valence-corrected chi connectivity index (χ1v) is 15.3. The molecule has 0 aromatic heterocycles. The highest BCUT2D eigenvalue weighted by Crippen LogP contribution is 2.21. The number of hydrogen-bond acceptors (Lipinski definition) is 4. The van der Waals surface area contributed by atoms with Crippen molar-refractivity contribution in [1.82, 2.24) is 10.2 Å². The van der Waals surface area contributed by atoms with E-state index in [1.54, 1.807) is 4.90 Å². The van der Waals surface area contributed by atoms with Gasteiger partial charge in [0.2, 0.25) is 21.8 Å². The molecular formula is C31H38FN3O4S. The molecule has 1 unspecified atom stereocenters. The van der Waals surface area contributed by atoms with E-state index in [2.05, 4.69) is 5.32 Å². The number of halogens is 1. The molecular weight excluding hydrogens is 529 g/mol. The second-order valence-electron chi connectivity index (χ2n) is 9.92. The normalized spacial score (nSPS) is 12.0. The maximum absolute atomic E-state index is 13.8. The third-order valence-corrected chi connectivity index (χ3v) is 7.75. The molecule has 40 heavy (non-hydrogen) atoms. The third-order valence-electron chi connectivity index (χ3n) is 6.56. The molecule has 0 bridgehead atoms. The minimum absolute atomic E-state index is 0.0332. The van der Waals surface area contributed by atoms with Crippen LogP contribution in [-0.4, -0.2) is 50.5 Å². The summed E-state index contributed by atoms with van der Waals surface area (Å²) in [4.78, 5) is 28.8. The van der Waals surface area contributed by atoms with Gasteiger partial charge < -0.3 is 10.2 Å². The highest BCUT2D eigenvalue weighted by molar-refractivity contribution is 7.92. The fraction of sp³-hybridized carbons (Fsp3) is 0.355. The van der Waals surface area contributed by atoms with Gasteiger partial charge in [-0.15, -0.1) is 0 Å². The number of aryl methyl sites for hydroxylation is 1. The van der Waals surface area contributed by atoms with Gasteiger partial charge in [0, 0.05) is 32.5 Å². The zero-order valence-corrected chi connectivity index (χ0v) is 24.2. The standard InChI is InChI=1S/C31H38FN3O4S/c1-4-20-33-31(37)29(22-25-9-6-5-7-10-25)34(23-26-14-12-24(2)13-15-26)30(36)11-8-21-35(40(3,38)39)28-18-16-27(32)17-19-28/h5-7,9-10,12-19,29H,4,8,11,20-23H2,1-3H3,(H,33,37). The van der Waals surface area contributed by atoms with E-state index in [-0.39, 0.29) is 37.7 Å². The molecule has 0 heterocycles. The van der Waals surface area contributed by atoms with Crippen molar-refractivity contribution in [2.45, 2.75) is 52.1 Å². The van der Waals surface area contributed by atoms with Crippen LogP contribution in [0.15, 0.2) is 78.9 Å². The highest BCUT2D eigenvalue weighted by Gasteiger charge is 2.30. The molecule has 0 spiro atoms. The Morgan fingerprint density at radius 3 is 2.17 bits per heavy atom. The zero-order valence-electron chi connectivity index (χ0n) is 23.3. The van der Waals surface area contributed by atoms with Gasteiger partial charge in [0.1, 0.15) is 11.9 Å². The quantitative estimate of drug-likeness (QED) is 0.302. The van der Waals surface area contributed by atoms with E-state index in [0.29, 0.717) is 18.7 Å². The smallest absolute Gasteiger partial charge is 0.243 e. The molecule has 2 amide bonds. The first-order chi connectivity index (χ1) is 19.1. The maximum Gasteiger partial charge on any atom is 0.243 e. The lowest BCUT2D eigenvalue weighted by Gasteiger charge is -2.32. The summed E-state index contributed by atoms with van der Waals surface area (Å²) >= 11 is 0. The molecule has 0 fully saturated rings. The van der Waals surface area contributed by atoms with Crippen molar-refractivity contribution >= 4 is 27.5 Å². The largest absolute Gasteiger partial charge is 0.354 e. The van der Waals surface area contributed by atoms with Crippen LogP contribution in [0.3, 0.4) is 0 Å². The van der Waals surface area contributed by atoms with Crippen LogP contribution in [0.2, 0.25) is 0 Å². The van der Waals surface area contributed by atoms with Crippen LogP contribution in [0.5, 0.6) is 0 Å². The molecule has 0 radical (unpaired) electrons. The molecule has 1 N–H and O–H groups in total. The lowest BCUT2D eigenvalue weighted by atomic mass is 10.0. The van der Waals surface area contributed by atoms with E-state index in [1.807, 2.05) is 68.4 Å². The van der Waals surface area contributed by atoms with Crippen LogP contribution >= 0.6 is 0 Å². The molecule has 0 saturated carbocycles. The number of amides is 2. The number of rotatable bonds is 14. The van der Waals surface area contributed by atoms with Gasteiger partial charge in [0.15, 0.2) is 0 Å². The summed E-state index contributed by atoms with van der Waals surface area (Å²) in [6, 6.07) is 21.8. The second kappa shape index (κ2) is 14.6. The van der Waals surface area contributed by atoms with E-state index in [9.17, 15) is 22.4 Å². The van der Waals surface area contributed by atoms with Crippen molar-refractivity contribution < 1.29 is 22.4 Å². The molecule has 3 rings (SSSR count). The monoisotopic (exact) mass is 567 g/mol. The number of carbonyl (C=O) groups excluding carboxylic acids is 2. The number of nitrogens with one attached hydrogen (secondary N) is 1. The van der Waals surface area contributed by atoms with Crippen LogP contribution < -0.4 is 9.62 Å². The van der Waals surface area contributed by atoms with Crippen molar-refractivity contribution in [1.29, 1.82) is 0 Å². The summed E-state index contributed by atoms with van der Waals surface area (Å²) in [5.74, 6) is -0.944.